The molecule has 0 saturated heterocycles. The van der Waals surface area contributed by atoms with E-state index < -0.39 is 11.0 Å². The summed E-state index contributed by atoms with van der Waals surface area (Å²) in [7, 11) is 0. The zero-order chi connectivity index (χ0) is 20.8. The van der Waals surface area contributed by atoms with Gasteiger partial charge in [-0.1, -0.05) is 25.1 Å². The highest BCUT2D eigenvalue weighted by Crippen LogP contribution is 2.22. The number of carbonyl (C=O) groups is 1. The topological polar surface area (TPSA) is 110 Å². The Kier molecular flexibility index (Phi) is 6.13. The number of carbonyl (C=O) groups excluding carboxylic acids is 1. The third-order valence-electron chi connectivity index (χ3n) is 4.28. The Balaban J connectivity index is 1.79. The quantitative estimate of drug-likeness (QED) is 0.464. The first-order valence-corrected chi connectivity index (χ1v) is 9.21. The molecule has 0 fully saturated rings. The number of hydrogen-bond acceptors (Lipinski definition) is 6. The van der Waals surface area contributed by atoms with E-state index in [2.05, 4.69) is 20.6 Å². The smallest absolute Gasteiger partial charge is 0.269 e. The molecular formula is C21H21N5O3. The number of nitrogens with one attached hydrogen (secondary N) is 2. The molecule has 2 N–H and O–H groups in total. The number of para-hydroxylation sites is 1. The fourth-order valence-electron chi connectivity index (χ4n) is 2.67. The van der Waals surface area contributed by atoms with Gasteiger partial charge in [0.05, 0.1) is 4.92 Å². The van der Waals surface area contributed by atoms with Crippen LogP contribution in [0.5, 0.6) is 0 Å². The molecule has 0 aliphatic carbocycles. The van der Waals surface area contributed by atoms with Gasteiger partial charge in [-0.3, -0.25) is 14.9 Å². The fourth-order valence-corrected chi connectivity index (χ4v) is 2.67. The Morgan fingerprint density at radius 3 is 2.41 bits per heavy atom. The van der Waals surface area contributed by atoms with Gasteiger partial charge < -0.3 is 10.6 Å². The largest absolute Gasteiger partial charge is 0.358 e. The first-order chi connectivity index (χ1) is 14.0. The number of nitro groups is 1. The summed E-state index contributed by atoms with van der Waals surface area (Å²) in [6.07, 6.45) is 0.682. The van der Waals surface area contributed by atoms with Gasteiger partial charge >= 0.3 is 0 Å². The van der Waals surface area contributed by atoms with Crippen molar-refractivity contribution in [3.05, 3.63) is 76.5 Å². The van der Waals surface area contributed by atoms with Crippen molar-refractivity contribution in [3.63, 3.8) is 0 Å². The van der Waals surface area contributed by atoms with Gasteiger partial charge in [-0.25, -0.2) is 9.97 Å². The summed E-state index contributed by atoms with van der Waals surface area (Å²) in [5.41, 5.74) is 2.18. The Morgan fingerprint density at radius 1 is 1.10 bits per heavy atom. The highest BCUT2D eigenvalue weighted by atomic mass is 16.6. The van der Waals surface area contributed by atoms with Crippen LogP contribution in [0.4, 0.5) is 17.2 Å². The number of nitro benzene ring substituents is 1. The fraction of sp³-hybridized carbons (Fsp3) is 0.190. The summed E-state index contributed by atoms with van der Waals surface area (Å²) >= 11 is 0. The van der Waals surface area contributed by atoms with Crippen molar-refractivity contribution in [3.8, 4) is 11.4 Å². The molecule has 0 aliphatic heterocycles. The molecule has 148 valence electrons. The SMILES string of the molecule is CCc1cc(NC(C)C(=O)Nc2ccccc2)nc(-c2ccc([N+](=O)[O-])cc2)n1. The molecule has 8 heteroatoms. The molecule has 0 aliphatic rings. The van der Waals surface area contributed by atoms with Crippen LogP contribution in [-0.2, 0) is 11.2 Å². The molecule has 0 spiro atoms. The highest BCUT2D eigenvalue weighted by Gasteiger charge is 2.15. The molecule has 3 aromatic rings. The average Bonchev–Trinajstić information content (AvgIpc) is 2.74. The number of benzene rings is 2. The summed E-state index contributed by atoms with van der Waals surface area (Å²) in [4.78, 5) is 31.8. The van der Waals surface area contributed by atoms with Crippen molar-refractivity contribution < 1.29 is 9.72 Å². The Bertz CT molecular complexity index is 1010. The molecule has 3 rings (SSSR count). The van der Waals surface area contributed by atoms with Crippen molar-refractivity contribution in [1.82, 2.24) is 9.97 Å². The summed E-state index contributed by atoms with van der Waals surface area (Å²) < 4.78 is 0. The molecule has 0 radical (unpaired) electrons. The van der Waals surface area contributed by atoms with Crippen LogP contribution in [0.2, 0.25) is 0 Å². The predicted octanol–water partition coefficient (Wildman–Crippen LogP) is 4.05. The van der Waals surface area contributed by atoms with E-state index in [0.29, 0.717) is 23.6 Å². The number of rotatable bonds is 7. The maximum absolute atomic E-state index is 12.4. The number of nitrogens with zero attached hydrogens (tertiary/aromatic N) is 3. The van der Waals surface area contributed by atoms with Gasteiger partial charge in [0.15, 0.2) is 5.82 Å². The van der Waals surface area contributed by atoms with Crippen LogP contribution < -0.4 is 10.6 Å². The number of amides is 1. The molecule has 1 heterocycles. The van der Waals surface area contributed by atoms with Crippen molar-refractivity contribution in [2.45, 2.75) is 26.3 Å². The average molecular weight is 391 g/mol. The van der Waals surface area contributed by atoms with E-state index >= 15 is 0 Å². The second kappa shape index (κ2) is 8.92. The zero-order valence-corrected chi connectivity index (χ0v) is 16.1. The molecule has 29 heavy (non-hydrogen) atoms. The summed E-state index contributed by atoms with van der Waals surface area (Å²) in [6.45, 7) is 3.72. The van der Waals surface area contributed by atoms with E-state index in [1.165, 1.54) is 12.1 Å². The molecule has 1 aromatic heterocycles. The van der Waals surface area contributed by atoms with E-state index in [0.717, 1.165) is 11.4 Å². The first kappa shape index (κ1) is 19.9. The number of non-ortho nitro benzene ring substituents is 1. The van der Waals surface area contributed by atoms with Crippen LogP contribution in [0.25, 0.3) is 11.4 Å². The number of aromatic nitrogens is 2. The Labute approximate surface area is 168 Å². The number of aryl methyl sites for hydroxylation is 1. The molecule has 0 saturated carbocycles. The molecule has 0 bridgehead atoms. The Hall–Kier alpha value is -3.81. The minimum Gasteiger partial charge on any atom is -0.358 e. The van der Waals surface area contributed by atoms with Gasteiger partial charge in [-0.2, -0.15) is 0 Å². The third kappa shape index (κ3) is 5.13. The van der Waals surface area contributed by atoms with Gasteiger partial charge in [0.2, 0.25) is 5.91 Å². The van der Waals surface area contributed by atoms with E-state index in [1.54, 1.807) is 25.1 Å². The molecule has 1 unspecified atom stereocenters. The van der Waals surface area contributed by atoms with Gasteiger partial charge in [-0.05, 0) is 37.6 Å². The summed E-state index contributed by atoms with van der Waals surface area (Å²) in [6, 6.07) is 16.5. The predicted molar refractivity (Wildman–Crippen MR) is 112 cm³/mol. The third-order valence-corrected chi connectivity index (χ3v) is 4.28. The van der Waals surface area contributed by atoms with Crippen LogP contribution in [0.1, 0.15) is 19.5 Å². The molecule has 1 atom stereocenters. The summed E-state index contributed by atoms with van der Waals surface area (Å²) in [5.74, 6) is 0.767. The molecule has 1 amide bonds. The minimum absolute atomic E-state index is 0.00458. The van der Waals surface area contributed by atoms with Crippen molar-refractivity contribution in [2.75, 3.05) is 10.6 Å². The molecule has 2 aromatic carbocycles. The first-order valence-electron chi connectivity index (χ1n) is 9.21. The van der Waals surface area contributed by atoms with Crippen LogP contribution in [0.15, 0.2) is 60.7 Å². The zero-order valence-electron chi connectivity index (χ0n) is 16.1. The van der Waals surface area contributed by atoms with E-state index in [1.807, 2.05) is 37.3 Å². The van der Waals surface area contributed by atoms with Crippen molar-refractivity contribution in [2.24, 2.45) is 0 Å². The number of anilines is 2. The lowest BCUT2D eigenvalue weighted by atomic mass is 10.2. The monoisotopic (exact) mass is 391 g/mol. The Morgan fingerprint density at radius 2 is 1.79 bits per heavy atom. The minimum atomic E-state index is -0.528. The second-order valence-corrected chi connectivity index (χ2v) is 6.45. The lowest BCUT2D eigenvalue weighted by Gasteiger charge is -2.16. The summed E-state index contributed by atoms with van der Waals surface area (Å²) in [5, 5.41) is 16.8. The normalized spacial score (nSPS) is 11.5. The maximum atomic E-state index is 12.4. The lowest BCUT2D eigenvalue weighted by Crippen LogP contribution is -2.32. The van der Waals surface area contributed by atoms with Crippen LogP contribution in [0, 0.1) is 10.1 Å². The van der Waals surface area contributed by atoms with Gasteiger partial charge in [0, 0.05) is 35.1 Å². The maximum Gasteiger partial charge on any atom is 0.269 e. The van der Waals surface area contributed by atoms with Gasteiger partial charge in [0.1, 0.15) is 11.9 Å². The van der Waals surface area contributed by atoms with Crippen molar-refractivity contribution >= 4 is 23.1 Å². The molecular weight excluding hydrogens is 370 g/mol. The van der Waals surface area contributed by atoms with Gasteiger partial charge in [-0.15, -0.1) is 0 Å². The van der Waals surface area contributed by atoms with Crippen LogP contribution in [0.3, 0.4) is 0 Å². The molecule has 8 nitrogen and oxygen atoms in total. The van der Waals surface area contributed by atoms with Gasteiger partial charge in [0.25, 0.3) is 5.69 Å². The van der Waals surface area contributed by atoms with Crippen LogP contribution in [-0.4, -0.2) is 26.8 Å². The number of hydrogen-bond donors (Lipinski definition) is 2. The lowest BCUT2D eigenvalue weighted by molar-refractivity contribution is -0.384. The second-order valence-electron chi connectivity index (χ2n) is 6.45. The van der Waals surface area contributed by atoms with Crippen LogP contribution >= 0.6 is 0 Å². The standard InChI is InChI=1S/C21H21N5O3/c1-3-16-13-19(22-14(2)21(27)24-17-7-5-4-6-8-17)25-20(23-16)15-9-11-18(12-10-15)26(28)29/h4-14H,3H2,1-2H3,(H,24,27)(H,22,23,25). The van der Waals surface area contributed by atoms with E-state index in [-0.39, 0.29) is 11.6 Å². The van der Waals surface area contributed by atoms with E-state index in [9.17, 15) is 14.9 Å². The van der Waals surface area contributed by atoms with Crippen molar-refractivity contribution in [1.29, 1.82) is 0 Å². The van der Waals surface area contributed by atoms with E-state index in [4.69, 9.17) is 0 Å². The highest BCUT2D eigenvalue weighted by molar-refractivity contribution is 5.96.